The van der Waals surface area contributed by atoms with E-state index in [1.807, 2.05) is 86.8 Å². The number of amides is 1. The van der Waals surface area contributed by atoms with Gasteiger partial charge in [-0.05, 0) is 126 Å². The molecule has 4 fully saturated rings. The Morgan fingerprint density at radius 1 is 0.617 bits per heavy atom. The lowest BCUT2D eigenvalue weighted by molar-refractivity contribution is -0.325. The minimum atomic E-state index is -2.68. The van der Waals surface area contributed by atoms with Crippen LogP contribution in [0, 0.1) is 23.7 Å². The van der Waals surface area contributed by atoms with Crippen LogP contribution in [0.1, 0.15) is 169 Å². The summed E-state index contributed by atoms with van der Waals surface area (Å²) in [6, 6.07) is 2.82. The average Bonchev–Trinajstić information content (AvgIpc) is 0.765. The maximum Gasteiger partial charge on any atom is 0.407 e. The van der Waals surface area contributed by atoms with Gasteiger partial charge in [-0.3, -0.25) is 9.59 Å². The van der Waals surface area contributed by atoms with Crippen molar-refractivity contribution in [2.75, 3.05) is 33.7 Å². The van der Waals surface area contributed by atoms with Crippen molar-refractivity contribution >= 4 is 76.1 Å². The molecule has 0 aromatic carbocycles. The van der Waals surface area contributed by atoms with E-state index in [0.717, 1.165) is 36.3 Å². The SMILES string of the molecule is C=CCOC(=O)N[C@@H]1C(O)[C@H](O[C@H]2/C=C/C=C/C=C/C=C/C=C/C=C/C=C/[C@H](C)[C@@H](C)[C@@H](C)[C@H](C)OC(=O)C[C@H]3C[C@@H](CC[C@@H](O[Si](CC)(CC)C(C)C)[C@H]4C[C@@H](C[C@]5(OC)C[C@H](O[Si](CC)(CC)C(C)C)[C@@H](C(=O)OCC=C)C(C2)O5)OC(P(C)P)O4)OC(P(C)P)O3)O[C@H](C)[C@H]1O[Si](CC)(CC)C(C)C. The molecule has 8 unspecified atom stereocenters. The fraction of sp³-hybridized carbons (Fsp3) is 0.741. The number of nitrogens with one attached hydrogen (secondary N) is 1. The van der Waals surface area contributed by atoms with Crippen LogP contribution in [0.4, 0.5) is 4.79 Å². The monoisotopic (exact) mass is 1620 g/mol. The van der Waals surface area contributed by atoms with Crippen molar-refractivity contribution in [1.82, 2.24) is 5.32 Å². The van der Waals surface area contributed by atoms with Gasteiger partial charge in [-0.15, -0.1) is 17.9 Å². The Morgan fingerprint density at radius 2 is 1.11 bits per heavy atom. The van der Waals surface area contributed by atoms with Gasteiger partial charge in [-0.2, -0.15) is 0 Å². The number of esters is 2. The van der Waals surface area contributed by atoms with E-state index in [4.69, 9.17) is 65.4 Å². The summed E-state index contributed by atoms with van der Waals surface area (Å²) in [5.41, 5.74) is 0.660. The van der Waals surface area contributed by atoms with Gasteiger partial charge in [0.25, 0.3) is 0 Å². The summed E-state index contributed by atoms with van der Waals surface area (Å²) in [4.78, 5) is 43.1. The molecule has 0 spiro atoms. The van der Waals surface area contributed by atoms with Gasteiger partial charge in [0.2, 0.25) is 0 Å². The maximum atomic E-state index is 15.4. The highest BCUT2D eigenvalue weighted by atomic mass is 32.0. The van der Waals surface area contributed by atoms with Crippen molar-refractivity contribution in [3.63, 3.8) is 0 Å². The average molecular weight is 1630 g/mol. The van der Waals surface area contributed by atoms with E-state index in [1.165, 1.54) is 6.08 Å². The second-order valence-corrected chi connectivity index (χ2v) is 54.3. The molecule has 5 rings (SSSR count). The second kappa shape index (κ2) is 47.0. The Kier molecular flexibility index (Phi) is 41.8. The predicted molar refractivity (Wildman–Crippen MR) is 449 cm³/mol. The van der Waals surface area contributed by atoms with Crippen LogP contribution in [0.25, 0.3) is 0 Å². The van der Waals surface area contributed by atoms with E-state index in [1.54, 1.807) is 13.2 Å². The first-order valence-electron chi connectivity index (χ1n) is 39.8. The van der Waals surface area contributed by atoms with Gasteiger partial charge in [-0.1, -0.05) is 214 Å². The number of carbonyl (C=O) groups excluding carboxylic acids is 3. The van der Waals surface area contributed by atoms with Crippen LogP contribution in [-0.4, -0.2) is 185 Å². The van der Waals surface area contributed by atoms with E-state index >= 15 is 4.79 Å². The third kappa shape index (κ3) is 27.8. The Balaban J connectivity index is 1.74. The summed E-state index contributed by atoms with van der Waals surface area (Å²) in [5.74, 6) is -2.75. The van der Waals surface area contributed by atoms with Crippen molar-refractivity contribution in [1.29, 1.82) is 0 Å². The number of carbonyl (C=O) groups is 3. The smallest absolute Gasteiger partial charge is 0.407 e. The lowest BCUT2D eigenvalue weighted by Crippen LogP contribution is -2.67. The van der Waals surface area contributed by atoms with Crippen LogP contribution in [0.3, 0.4) is 0 Å². The van der Waals surface area contributed by atoms with Gasteiger partial charge >= 0.3 is 18.0 Å². The molecule has 0 aromatic rings. The number of hydrogen-bond acceptors (Lipinski definition) is 18. The molecule has 5 aliphatic heterocycles. The number of aliphatic hydroxyl groups is 1. The van der Waals surface area contributed by atoms with Gasteiger partial charge in [0.05, 0.1) is 73.5 Å². The molecular weight excluding hydrogens is 1480 g/mol. The number of rotatable bonds is 26. The summed E-state index contributed by atoms with van der Waals surface area (Å²) in [5, 5.41) is 15.8. The molecule has 6 bridgehead atoms. The Bertz CT molecular complexity index is 2910. The van der Waals surface area contributed by atoms with Crippen molar-refractivity contribution in [3.05, 3.63) is 110 Å². The molecule has 610 valence electrons. The number of aliphatic hydroxyl groups excluding tert-OH is 1. The number of cyclic esters (lactones) is 1. The quantitative estimate of drug-likeness (QED) is 0.0271. The van der Waals surface area contributed by atoms with Crippen LogP contribution in [-0.2, 0) is 75.0 Å². The van der Waals surface area contributed by atoms with Gasteiger partial charge < -0.3 is 75.8 Å². The van der Waals surface area contributed by atoms with Crippen LogP contribution in [0.2, 0.25) is 52.9 Å². The van der Waals surface area contributed by atoms with Crippen molar-refractivity contribution in [2.24, 2.45) is 23.7 Å². The molecule has 0 aromatic heterocycles. The van der Waals surface area contributed by atoms with E-state index < -0.39 is 143 Å². The molecule has 26 heteroatoms. The molecular formula is C81H141NO18P4Si3. The molecule has 4 saturated heterocycles. The van der Waals surface area contributed by atoms with Gasteiger partial charge in [-0.25, -0.2) is 4.79 Å². The molecule has 1 amide bonds. The van der Waals surface area contributed by atoms with Gasteiger partial charge in [0, 0.05) is 39.2 Å². The number of hydrogen-bond donors (Lipinski definition) is 2. The van der Waals surface area contributed by atoms with Crippen LogP contribution in [0.15, 0.2) is 110 Å². The first kappa shape index (κ1) is 95.3. The number of alkyl carbamates (subject to hydrolysis) is 1. The third-order valence-electron chi connectivity index (χ3n) is 23.5. The standard InChI is InChI=1S/C81H141NO18P4Si3/c1-23-47-88-76(85)72-69-50-63(92-77-74(84)73(82-78(86)89-48-24-2)75(62(19)91-77)100-107(29-7,30-8)57(13)14)44-42-40-38-36-34-32-31-33-35-37-39-41-43-58(15)59(16)60(17)61(18)90-71(83)52-65-49-64(93-79(94-65)103(21)101)45-46-67(98-105(25-3,26-4)55(9)10)68-51-66(95-80(96-68)104(22)102)53-81(87-20,97-69)54-70(72)99-106(27-5,28-6)56(11)12/h23-24,31-44,55-70,72-75,77,79-80,84H,1-2,25-30,45-54,101-102H2,3-22H3,(H,82,86)/b32-31+,35-33+,36-34+,39-37+,40-38+,43-41+,44-42+/t58-,59+,60+,61-,62+,63-,64+,65+,66-,67+,68+,69?,70-,72-,73+,74?,75+,77-,79?,80?,81+,103?,104?/m0/s1. The predicted octanol–water partition coefficient (Wildman–Crippen LogP) is 19.0. The first-order chi connectivity index (χ1) is 50.8. The van der Waals surface area contributed by atoms with E-state index in [-0.39, 0.29) is 92.0 Å². The number of methoxy groups -OCH3 is 1. The summed E-state index contributed by atoms with van der Waals surface area (Å²) >= 11 is 0. The van der Waals surface area contributed by atoms with Gasteiger partial charge in [0.1, 0.15) is 31.3 Å². The van der Waals surface area contributed by atoms with Crippen molar-refractivity contribution < 1.29 is 84.9 Å². The zero-order valence-electron chi connectivity index (χ0n) is 68.7. The summed E-state index contributed by atoms with van der Waals surface area (Å²) < 4.78 is 96.9. The number of allylic oxidation sites excluding steroid dienone is 13. The van der Waals surface area contributed by atoms with Crippen LogP contribution in [0.5, 0.6) is 0 Å². The summed E-state index contributed by atoms with van der Waals surface area (Å²) in [7, 11) is -1.84. The number of ether oxygens (including phenoxy) is 11. The highest BCUT2D eigenvalue weighted by Gasteiger charge is 2.57. The van der Waals surface area contributed by atoms with E-state index in [0.29, 0.717) is 31.2 Å². The van der Waals surface area contributed by atoms with Crippen LogP contribution >= 0.6 is 33.1 Å². The summed E-state index contributed by atoms with van der Waals surface area (Å²) in [6.45, 7) is 48.7. The molecule has 25 atom stereocenters. The molecule has 107 heavy (non-hydrogen) atoms. The minimum absolute atomic E-state index is 0.00409. The second-order valence-electron chi connectivity index (χ2n) is 31.1. The highest BCUT2D eigenvalue weighted by molar-refractivity contribution is 8.13. The zero-order valence-corrected chi connectivity index (χ0v) is 75.8. The molecule has 5 aliphatic rings. The molecule has 2 N–H and O–H groups in total. The molecule has 0 aliphatic carbocycles. The van der Waals surface area contributed by atoms with Crippen LogP contribution < -0.4 is 5.32 Å². The lowest BCUT2D eigenvalue weighted by atomic mass is 9.82. The topological polar surface area (TPSA) is 213 Å². The fourth-order valence-corrected chi connectivity index (χ4v) is 29.0. The molecule has 19 nitrogen and oxygen atoms in total. The van der Waals surface area contributed by atoms with Crippen molar-refractivity contribution in [3.8, 4) is 0 Å². The van der Waals surface area contributed by atoms with E-state index in [2.05, 4.69) is 166 Å². The highest BCUT2D eigenvalue weighted by Crippen LogP contribution is 2.54. The molecule has 5 heterocycles. The molecule has 0 saturated carbocycles. The Hall–Kier alpha value is -2.24. The zero-order chi connectivity index (χ0) is 79.4. The Morgan fingerprint density at radius 3 is 1.64 bits per heavy atom. The number of fused-ring (bicyclic) bond motifs is 6. The maximum absolute atomic E-state index is 15.4. The van der Waals surface area contributed by atoms with Crippen molar-refractivity contribution in [2.45, 2.75) is 325 Å². The van der Waals surface area contributed by atoms with E-state index in [9.17, 15) is 14.7 Å². The molecule has 0 radical (unpaired) electrons. The first-order valence-corrected chi connectivity index (χ1v) is 54.0. The minimum Gasteiger partial charge on any atom is -0.462 e. The third-order valence-corrected chi connectivity index (χ3v) is 42.5. The lowest BCUT2D eigenvalue weighted by Gasteiger charge is -2.52. The normalized spacial score (nSPS) is 35.8. The van der Waals surface area contributed by atoms with Gasteiger partial charge in [0.15, 0.2) is 49.1 Å². The summed E-state index contributed by atoms with van der Waals surface area (Å²) in [6.07, 6.45) is 22.9. The fourth-order valence-electron chi connectivity index (χ4n) is 15.9. The Labute approximate surface area is 655 Å². The largest absolute Gasteiger partial charge is 0.462 e.